The van der Waals surface area contributed by atoms with Crippen LogP contribution in [-0.4, -0.2) is 29.8 Å². The van der Waals surface area contributed by atoms with E-state index in [1.807, 2.05) is 60.8 Å². The maximum atomic E-state index is 6.93. The number of benzene rings is 7. The van der Waals surface area contributed by atoms with E-state index in [1.165, 1.54) is 43.8 Å². The van der Waals surface area contributed by atoms with Gasteiger partial charge in [-0.15, -0.1) is 0 Å². The minimum absolute atomic E-state index is 0.476. The summed E-state index contributed by atoms with van der Waals surface area (Å²) in [6.45, 7) is 8.63. The van der Waals surface area contributed by atoms with E-state index in [0.717, 1.165) is 78.1 Å². The molecule has 1 aliphatic rings. The summed E-state index contributed by atoms with van der Waals surface area (Å²) in [4.78, 5) is 20.6. The molecule has 63 heavy (non-hydrogen) atoms. The van der Waals surface area contributed by atoms with Gasteiger partial charge in [-0.25, -0.2) is 9.97 Å². The van der Waals surface area contributed by atoms with E-state index in [2.05, 4.69) is 121 Å². The summed E-state index contributed by atoms with van der Waals surface area (Å²) in [5.41, 5.74) is 18.9. The number of hydrogen-bond acceptors (Lipinski definition) is 6. The van der Waals surface area contributed by atoms with E-state index in [1.54, 1.807) is 6.20 Å². The van der Waals surface area contributed by atoms with Crippen molar-refractivity contribution in [3.05, 3.63) is 179 Å². The first-order valence-corrected chi connectivity index (χ1v) is 21.3. The van der Waals surface area contributed by atoms with Gasteiger partial charge in [-0.3, -0.25) is 9.98 Å². The van der Waals surface area contributed by atoms with Gasteiger partial charge in [0.25, 0.3) is 0 Å². The number of nitrogens with zero attached hydrogens (tertiary/aromatic N) is 6. The molecule has 8 heteroatoms. The highest BCUT2D eigenvalue weighted by Crippen LogP contribution is 2.48. The average molecular weight is 815 g/mol. The summed E-state index contributed by atoms with van der Waals surface area (Å²) >= 11 is 0. The highest BCUT2D eigenvalue weighted by atomic mass is 16.4. The second-order valence-electron chi connectivity index (χ2n) is 17.0. The van der Waals surface area contributed by atoms with Gasteiger partial charge < -0.3 is 18.0 Å². The van der Waals surface area contributed by atoms with Crippen LogP contribution in [0.3, 0.4) is 0 Å². The van der Waals surface area contributed by atoms with Crippen molar-refractivity contribution >= 4 is 77.2 Å². The molecule has 5 aromatic heterocycles. The van der Waals surface area contributed by atoms with Gasteiger partial charge in [-0.1, -0.05) is 70.8 Å². The predicted molar refractivity (Wildman–Crippen MR) is 254 cm³/mol. The molecule has 0 aliphatic carbocycles. The van der Waals surface area contributed by atoms with Crippen LogP contribution < -0.4 is 0 Å². The Morgan fingerprint density at radius 1 is 0.476 bits per heavy atom. The van der Waals surface area contributed by atoms with Crippen molar-refractivity contribution in [1.82, 2.24) is 24.1 Å². The number of rotatable bonds is 5. The number of hydrogen-bond donors (Lipinski definition) is 0. The van der Waals surface area contributed by atoms with Gasteiger partial charge in [0.05, 0.1) is 56.0 Å². The van der Waals surface area contributed by atoms with Crippen molar-refractivity contribution in [3.63, 3.8) is 0 Å². The molecule has 6 heterocycles. The third kappa shape index (κ3) is 5.34. The van der Waals surface area contributed by atoms with Crippen LogP contribution in [0.4, 0.5) is 5.69 Å². The molecule has 300 valence electrons. The van der Waals surface area contributed by atoms with Crippen molar-refractivity contribution in [2.75, 3.05) is 0 Å². The van der Waals surface area contributed by atoms with Crippen LogP contribution in [-0.2, 0) is 6.42 Å². The van der Waals surface area contributed by atoms with Crippen LogP contribution >= 0.6 is 0 Å². The third-order valence-corrected chi connectivity index (χ3v) is 12.7. The largest absolute Gasteiger partial charge is 0.436 e. The van der Waals surface area contributed by atoms with Crippen LogP contribution in [0.1, 0.15) is 33.4 Å². The van der Waals surface area contributed by atoms with Gasteiger partial charge in [0, 0.05) is 51.5 Å². The number of aryl methyl sites for hydroxylation is 4. The molecule has 0 saturated carbocycles. The number of pyridine rings is 1. The first-order chi connectivity index (χ1) is 30.8. The molecular weight excluding hydrogens is 777 g/mol. The summed E-state index contributed by atoms with van der Waals surface area (Å²) in [6.07, 6.45) is 4.26. The van der Waals surface area contributed by atoms with Crippen LogP contribution in [0.5, 0.6) is 0 Å². The van der Waals surface area contributed by atoms with Crippen LogP contribution in [0.15, 0.2) is 160 Å². The fourth-order valence-electron chi connectivity index (χ4n) is 9.88. The monoisotopic (exact) mass is 814 g/mol. The normalized spacial score (nSPS) is 12.8. The van der Waals surface area contributed by atoms with E-state index >= 15 is 0 Å². The Morgan fingerprint density at radius 3 is 1.35 bits per heavy atom. The average Bonchev–Trinajstić information content (AvgIpc) is 4.13. The second kappa shape index (κ2) is 13.2. The van der Waals surface area contributed by atoms with Crippen molar-refractivity contribution < 1.29 is 8.83 Å². The Labute approximate surface area is 361 Å². The zero-order chi connectivity index (χ0) is 42.1. The van der Waals surface area contributed by atoms with E-state index in [0.29, 0.717) is 29.4 Å². The van der Waals surface area contributed by atoms with Crippen LogP contribution in [0.25, 0.3) is 100 Å². The maximum absolute atomic E-state index is 6.93. The lowest BCUT2D eigenvalue weighted by molar-refractivity contribution is 0.616. The van der Waals surface area contributed by atoms with Gasteiger partial charge in [0.2, 0.25) is 11.8 Å². The standard InChI is InChI=1S/C55H38N6O2/c1-30-13-17-43-35(23-30)36-24-31(2)14-18-44(36)60(43)47-28-48(61-45-19-15-32(3)25-37(45)38-26-33(4)16-20-46(38)61)53(55-59-41-10-6-8-12-50(41)63-55)51(42-27-34-29-56-22-21-39(34)57-42)52(47)54-58-40-9-5-7-11-49(40)62-54/h5-26,28-29H,27H2,1-4H3. The molecule has 8 nitrogen and oxygen atoms in total. The molecule has 12 aromatic rings. The SMILES string of the molecule is Cc1ccc2c(c1)c1cc(C)ccc1n2-c1cc(-n2c3ccc(C)cc3c3cc(C)ccc32)c(-c2nc3ccccc3o2)c(C2=Nc3ccncc3C2)c1-c1nc2ccccc2o1. The molecule has 7 aromatic carbocycles. The van der Waals surface area contributed by atoms with E-state index < -0.39 is 0 Å². The fourth-order valence-corrected chi connectivity index (χ4v) is 9.88. The summed E-state index contributed by atoms with van der Waals surface area (Å²) in [6, 6.07) is 47.1. The summed E-state index contributed by atoms with van der Waals surface area (Å²) in [7, 11) is 0. The van der Waals surface area contributed by atoms with E-state index in [9.17, 15) is 0 Å². The van der Waals surface area contributed by atoms with Crippen molar-refractivity contribution in [2.24, 2.45) is 4.99 Å². The van der Waals surface area contributed by atoms with Gasteiger partial charge in [0.15, 0.2) is 11.2 Å². The molecule has 0 spiro atoms. The molecule has 0 bridgehead atoms. The molecular formula is C55H38N6O2. The molecule has 1 aliphatic heterocycles. The molecule has 0 fully saturated rings. The Hall–Kier alpha value is -8.10. The number of aliphatic imine (C=N–C) groups is 1. The van der Waals surface area contributed by atoms with Crippen molar-refractivity contribution in [3.8, 4) is 34.3 Å². The topological polar surface area (TPSA) is 87.2 Å². The third-order valence-electron chi connectivity index (χ3n) is 12.7. The highest BCUT2D eigenvalue weighted by Gasteiger charge is 2.34. The summed E-state index contributed by atoms with van der Waals surface area (Å²) < 4.78 is 18.6. The smallest absolute Gasteiger partial charge is 0.230 e. The van der Waals surface area contributed by atoms with Crippen molar-refractivity contribution in [2.45, 2.75) is 34.1 Å². The van der Waals surface area contributed by atoms with Gasteiger partial charge >= 0.3 is 0 Å². The zero-order valence-electron chi connectivity index (χ0n) is 35.1. The predicted octanol–water partition coefficient (Wildman–Crippen LogP) is 13.8. The lowest BCUT2D eigenvalue weighted by Gasteiger charge is -2.23. The molecule has 13 rings (SSSR count). The van der Waals surface area contributed by atoms with E-state index in [4.69, 9.17) is 23.8 Å². The van der Waals surface area contributed by atoms with E-state index in [-0.39, 0.29) is 0 Å². The second-order valence-corrected chi connectivity index (χ2v) is 17.0. The minimum Gasteiger partial charge on any atom is -0.436 e. The lowest BCUT2D eigenvalue weighted by atomic mass is 9.90. The maximum Gasteiger partial charge on any atom is 0.230 e. The van der Waals surface area contributed by atoms with Gasteiger partial charge in [-0.05, 0) is 113 Å². The fraction of sp³-hybridized carbons (Fsp3) is 0.0909. The summed E-state index contributed by atoms with van der Waals surface area (Å²) in [5.74, 6) is 0.953. The first kappa shape index (κ1) is 35.6. The minimum atomic E-state index is 0.476. The molecule has 0 N–H and O–H groups in total. The molecule has 0 unspecified atom stereocenters. The van der Waals surface area contributed by atoms with Crippen molar-refractivity contribution in [1.29, 1.82) is 0 Å². The summed E-state index contributed by atoms with van der Waals surface area (Å²) in [5, 5.41) is 4.68. The number of aromatic nitrogens is 5. The number of para-hydroxylation sites is 4. The van der Waals surface area contributed by atoms with Crippen LogP contribution in [0.2, 0.25) is 0 Å². The zero-order valence-corrected chi connectivity index (χ0v) is 35.1. The molecule has 0 amide bonds. The Bertz CT molecular complexity index is 3540. The van der Waals surface area contributed by atoms with Crippen LogP contribution in [0, 0.1) is 27.7 Å². The number of fused-ring (bicyclic) bond motifs is 9. The quantitative estimate of drug-likeness (QED) is 0.173. The molecule has 0 saturated heterocycles. The highest BCUT2D eigenvalue weighted by molar-refractivity contribution is 6.19. The lowest BCUT2D eigenvalue weighted by Crippen LogP contribution is -2.13. The Balaban J connectivity index is 1.30. The Kier molecular flexibility index (Phi) is 7.47. The van der Waals surface area contributed by atoms with Gasteiger partial charge in [-0.2, -0.15) is 0 Å². The molecule has 0 atom stereocenters. The van der Waals surface area contributed by atoms with Gasteiger partial charge in [0.1, 0.15) is 11.0 Å². The first-order valence-electron chi connectivity index (χ1n) is 21.3. The Morgan fingerprint density at radius 2 is 0.921 bits per heavy atom. The molecule has 0 radical (unpaired) electrons. The number of oxazole rings is 2.